The smallest absolute Gasteiger partial charge is 0.149 e. The highest BCUT2D eigenvalue weighted by Crippen LogP contribution is 2.15. The van der Waals surface area contributed by atoms with Crippen LogP contribution in [0.4, 0.5) is 10.2 Å². The molecule has 0 atom stereocenters. The predicted octanol–water partition coefficient (Wildman–Crippen LogP) is 4.39. The quantitative estimate of drug-likeness (QED) is 0.573. The van der Waals surface area contributed by atoms with Gasteiger partial charge in [-0.25, -0.2) is 9.37 Å². The van der Waals surface area contributed by atoms with Gasteiger partial charge in [0, 0.05) is 11.1 Å². The molecule has 3 rings (SSSR count). The maximum absolute atomic E-state index is 13.2. The van der Waals surface area contributed by atoms with E-state index >= 15 is 0 Å². The van der Waals surface area contributed by atoms with Crippen molar-refractivity contribution in [2.45, 2.75) is 6.92 Å². The monoisotopic (exact) mass is 305 g/mol. The number of rotatable bonds is 4. The average molecular weight is 305 g/mol. The molecule has 0 saturated carbocycles. The largest absolute Gasteiger partial charge is 0.261 e. The van der Waals surface area contributed by atoms with Crippen LogP contribution >= 0.6 is 0 Å². The number of aromatic nitrogens is 1. The summed E-state index contributed by atoms with van der Waals surface area (Å²) < 4.78 is 13.2. The number of nitrogens with one attached hydrogen (secondary N) is 1. The van der Waals surface area contributed by atoms with Gasteiger partial charge in [0.25, 0.3) is 0 Å². The van der Waals surface area contributed by atoms with Crippen LogP contribution in [-0.4, -0.2) is 10.7 Å². The van der Waals surface area contributed by atoms with Gasteiger partial charge in [-0.2, -0.15) is 5.10 Å². The van der Waals surface area contributed by atoms with Gasteiger partial charge < -0.3 is 0 Å². The molecule has 0 spiro atoms. The van der Waals surface area contributed by atoms with E-state index in [0.717, 1.165) is 16.8 Å². The summed E-state index contributed by atoms with van der Waals surface area (Å²) in [4.78, 5) is 4.04. The molecule has 4 heteroatoms. The number of hydrogen-bond acceptors (Lipinski definition) is 3. The molecule has 0 radical (unpaired) electrons. The zero-order valence-electron chi connectivity index (χ0n) is 12.7. The van der Waals surface area contributed by atoms with Crippen LogP contribution in [0.15, 0.2) is 78.0 Å². The maximum atomic E-state index is 13.2. The molecule has 1 aromatic heterocycles. The Labute approximate surface area is 134 Å². The fourth-order valence-corrected chi connectivity index (χ4v) is 2.25. The highest BCUT2D eigenvalue weighted by atomic mass is 19.1. The molecular weight excluding hydrogens is 289 g/mol. The van der Waals surface area contributed by atoms with E-state index in [1.54, 1.807) is 6.92 Å². The molecule has 0 bridgehead atoms. The van der Waals surface area contributed by atoms with Crippen LogP contribution in [-0.2, 0) is 0 Å². The molecule has 1 N–H and O–H groups in total. The van der Waals surface area contributed by atoms with Crippen LogP contribution in [0.1, 0.15) is 16.7 Å². The maximum Gasteiger partial charge on any atom is 0.149 e. The minimum atomic E-state index is -0.358. The van der Waals surface area contributed by atoms with E-state index in [0.29, 0.717) is 11.4 Å². The predicted molar refractivity (Wildman–Crippen MR) is 91.1 cm³/mol. The third-order valence-corrected chi connectivity index (χ3v) is 3.41. The van der Waals surface area contributed by atoms with Crippen LogP contribution in [0, 0.1) is 12.7 Å². The van der Waals surface area contributed by atoms with Gasteiger partial charge in [0.1, 0.15) is 11.6 Å². The Morgan fingerprint density at radius 1 is 0.957 bits per heavy atom. The zero-order chi connectivity index (χ0) is 16.1. The second-order valence-electron chi connectivity index (χ2n) is 5.12. The zero-order valence-corrected chi connectivity index (χ0v) is 12.7. The van der Waals surface area contributed by atoms with Gasteiger partial charge in [-0.15, -0.1) is 0 Å². The first-order valence-electron chi connectivity index (χ1n) is 7.31. The first-order valence-corrected chi connectivity index (χ1v) is 7.31. The number of anilines is 1. The van der Waals surface area contributed by atoms with Gasteiger partial charge in [0.05, 0.1) is 11.9 Å². The average Bonchev–Trinajstić information content (AvgIpc) is 2.59. The minimum Gasteiger partial charge on any atom is -0.261 e. The SMILES string of the molecule is Cc1cc(F)cnc1NN=C(c1ccccc1)c1ccccc1. The van der Waals surface area contributed by atoms with Crippen LogP contribution in [0.25, 0.3) is 0 Å². The van der Waals surface area contributed by atoms with Crippen molar-refractivity contribution in [3.63, 3.8) is 0 Å². The lowest BCUT2D eigenvalue weighted by Gasteiger charge is -2.09. The number of pyridine rings is 1. The Kier molecular flexibility index (Phi) is 4.43. The molecule has 0 unspecified atom stereocenters. The molecule has 0 aliphatic rings. The van der Waals surface area contributed by atoms with Gasteiger partial charge in [-0.1, -0.05) is 60.7 Å². The van der Waals surface area contributed by atoms with Crippen molar-refractivity contribution in [1.29, 1.82) is 0 Å². The Bertz CT molecular complexity index is 773. The molecule has 3 nitrogen and oxygen atoms in total. The van der Waals surface area contributed by atoms with Gasteiger partial charge in [-0.3, -0.25) is 5.43 Å². The fraction of sp³-hybridized carbons (Fsp3) is 0.0526. The number of aryl methyl sites for hydroxylation is 1. The Morgan fingerprint density at radius 3 is 2.04 bits per heavy atom. The van der Waals surface area contributed by atoms with E-state index in [-0.39, 0.29) is 5.82 Å². The standard InChI is InChI=1S/C19H16FN3/c1-14-12-17(20)13-21-19(14)23-22-18(15-8-4-2-5-9-15)16-10-6-3-7-11-16/h2-13H,1H3,(H,21,23). The first kappa shape index (κ1) is 14.9. The fourth-order valence-electron chi connectivity index (χ4n) is 2.25. The number of hydrogen-bond donors (Lipinski definition) is 1. The Balaban J connectivity index is 1.98. The molecule has 3 aromatic rings. The van der Waals surface area contributed by atoms with Crippen molar-refractivity contribution in [2.75, 3.05) is 5.43 Å². The molecule has 1 heterocycles. The lowest BCUT2D eigenvalue weighted by atomic mass is 10.0. The molecule has 0 aliphatic carbocycles. The van der Waals surface area contributed by atoms with Crippen molar-refractivity contribution in [2.24, 2.45) is 5.10 Å². The summed E-state index contributed by atoms with van der Waals surface area (Å²) in [7, 11) is 0. The molecule has 23 heavy (non-hydrogen) atoms. The highest BCUT2D eigenvalue weighted by Gasteiger charge is 2.07. The normalized spacial score (nSPS) is 10.2. The van der Waals surface area contributed by atoms with Crippen LogP contribution in [0.3, 0.4) is 0 Å². The van der Waals surface area contributed by atoms with Crippen LogP contribution < -0.4 is 5.43 Å². The van der Waals surface area contributed by atoms with E-state index in [1.807, 2.05) is 60.7 Å². The lowest BCUT2D eigenvalue weighted by Crippen LogP contribution is -2.07. The first-order chi connectivity index (χ1) is 11.2. The molecular formula is C19H16FN3. The summed E-state index contributed by atoms with van der Waals surface area (Å²) in [5.41, 5.74) is 6.44. The summed E-state index contributed by atoms with van der Waals surface area (Å²) >= 11 is 0. The topological polar surface area (TPSA) is 37.3 Å². The second-order valence-corrected chi connectivity index (χ2v) is 5.12. The highest BCUT2D eigenvalue weighted by molar-refractivity contribution is 6.13. The van der Waals surface area contributed by atoms with Crippen LogP contribution in [0.2, 0.25) is 0 Å². The third-order valence-electron chi connectivity index (χ3n) is 3.41. The number of hydrazone groups is 1. The Hall–Kier alpha value is -3.01. The van der Waals surface area contributed by atoms with E-state index in [4.69, 9.17) is 0 Å². The summed E-state index contributed by atoms with van der Waals surface area (Å²) in [5.74, 6) is 0.180. The minimum absolute atomic E-state index is 0.358. The van der Waals surface area contributed by atoms with Crippen LogP contribution in [0.5, 0.6) is 0 Å². The summed E-state index contributed by atoms with van der Waals surface area (Å²) in [5, 5.41) is 4.51. The summed E-state index contributed by atoms with van der Waals surface area (Å²) in [6.45, 7) is 1.79. The van der Waals surface area contributed by atoms with Gasteiger partial charge in [0.2, 0.25) is 0 Å². The van der Waals surface area contributed by atoms with Crippen molar-refractivity contribution in [3.05, 3.63) is 95.4 Å². The van der Waals surface area contributed by atoms with Crippen molar-refractivity contribution < 1.29 is 4.39 Å². The molecule has 2 aromatic carbocycles. The van der Waals surface area contributed by atoms with Gasteiger partial charge >= 0.3 is 0 Å². The summed E-state index contributed by atoms with van der Waals surface area (Å²) in [6, 6.07) is 21.2. The van der Waals surface area contributed by atoms with Crippen molar-refractivity contribution in [3.8, 4) is 0 Å². The summed E-state index contributed by atoms with van der Waals surface area (Å²) in [6.07, 6.45) is 1.18. The number of halogens is 1. The molecule has 0 amide bonds. The molecule has 0 saturated heterocycles. The van der Waals surface area contributed by atoms with Crippen molar-refractivity contribution >= 4 is 11.5 Å². The molecule has 114 valence electrons. The molecule has 0 fully saturated rings. The number of benzene rings is 2. The van der Waals surface area contributed by atoms with Gasteiger partial charge in [-0.05, 0) is 18.6 Å². The van der Waals surface area contributed by atoms with E-state index in [1.165, 1.54) is 12.3 Å². The van der Waals surface area contributed by atoms with Crippen molar-refractivity contribution in [1.82, 2.24) is 4.98 Å². The lowest BCUT2D eigenvalue weighted by molar-refractivity contribution is 0.620. The van der Waals surface area contributed by atoms with E-state index in [2.05, 4.69) is 15.5 Å². The number of nitrogens with zero attached hydrogens (tertiary/aromatic N) is 2. The van der Waals surface area contributed by atoms with E-state index in [9.17, 15) is 4.39 Å². The Morgan fingerprint density at radius 2 is 1.52 bits per heavy atom. The molecule has 0 aliphatic heterocycles. The van der Waals surface area contributed by atoms with E-state index < -0.39 is 0 Å². The second kappa shape index (κ2) is 6.83. The van der Waals surface area contributed by atoms with Gasteiger partial charge in [0.15, 0.2) is 0 Å². The third kappa shape index (κ3) is 3.61.